The van der Waals surface area contributed by atoms with E-state index in [1.807, 2.05) is 62.9 Å². The van der Waals surface area contributed by atoms with Crippen molar-refractivity contribution < 1.29 is 9.32 Å². The van der Waals surface area contributed by atoms with Gasteiger partial charge in [0.1, 0.15) is 0 Å². The molecule has 1 aromatic carbocycles. The Hall–Kier alpha value is -3.33. The number of likely N-dealkylation sites (tertiary alicyclic amines) is 1. The number of benzene rings is 1. The van der Waals surface area contributed by atoms with E-state index in [4.69, 9.17) is 4.52 Å². The highest BCUT2D eigenvalue weighted by Gasteiger charge is 2.25. The lowest BCUT2D eigenvalue weighted by molar-refractivity contribution is -0.131. The Labute approximate surface area is 177 Å². The van der Waals surface area contributed by atoms with Crippen LogP contribution in [0.2, 0.25) is 0 Å². The Morgan fingerprint density at radius 3 is 2.77 bits per heavy atom. The summed E-state index contributed by atoms with van der Waals surface area (Å²) in [4.78, 5) is 18.9. The Morgan fingerprint density at radius 2 is 2.00 bits per heavy atom. The van der Waals surface area contributed by atoms with Gasteiger partial charge in [0.2, 0.25) is 11.7 Å². The van der Waals surface area contributed by atoms with Crippen LogP contribution in [0.1, 0.15) is 24.4 Å². The van der Waals surface area contributed by atoms with E-state index in [9.17, 15) is 4.79 Å². The van der Waals surface area contributed by atoms with Crippen molar-refractivity contribution in [3.05, 3.63) is 58.9 Å². The van der Waals surface area contributed by atoms with Gasteiger partial charge in [0.25, 0.3) is 5.89 Å². The predicted molar refractivity (Wildman–Crippen MR) is 112 cm³/mol. The molecule has 0 spiro atoms. The van der Waals surface area contributed by atoms with Crippen LogP contribution in [0.4, 0.5) is 0 Å². The molecule has 1 fully saturated rings. The van der Waals surface area contributed by atoms with E-state index in [0.717, 1.165) is 37.1 Å². The van der Waals surface area contributed by atoms with Gasteiger partial charge < -0.3 is 9.42 Å². The van der Waals surface area contributed by atoms with Crippen molar-refractivity contribution in [3.8, 4) is 23.0 Å². The monoisotopic (exact) mass is 420 g/mol. The van der Waals surface area contributed by atoms with E-state index >= 15 is 0 Å². The molecule has 0 N–H and O–H groups in total. The topological polar surface area (TPSA) is 89.9 Å². The van der Waals surface area contributed by atoms with Crippen molar-refractivity contribution in [2.24, 2.45) is 0 Å². The lowest BCUT2D eigenvalue weighted by atomic mass is 10.0. The molecule has 1 aliphatic rings. The molecule has 0 unspecified atom stereocenters. The zero-order valence-corrected chi connectivity index (χ0v) is 17.0. The molecule has 1 amide bonds. The number of amides is 1. The van der Waals surface area contributed by atoms with Gasteiger partial charge in [-0.05, 0) is 35.2 Å². The lowest BCUT2D eigenvalue weighted by Gasteiger charge is -2.31. The average molecular weight is 420 g/mol. The quantitative estimate of drug-likeness (QED) is 0.491. The Morgan fingerprint density at radius 1 is 1.17 bits per heavy atom. The molecule has 0 aliphatic carbocycles. The molecule has 30 heavy (non-hydrogen) atoms. The van der Waals surface area contributed by atoms with Gasteiger partial charge in [-0.2, -0.15) is 16.3 Å². The summed E-state index contributed by atoms with van der Waals surface area (Å²) in [5, 5.41) is 16.5. The summed E-state index contributed by atoms with van der Waals surface area (Å²) in [6.45, 7) is 1.45. The Kier molecular flexibility index (Phi) is 5.10. The van der Waals surface area contributed by atoms with Crippen molar-refractivity contribution >= 4 is 17.2 Å². The minimum Gasteiger partial charge on any atom is -0.342 e. The molecule has 0 atom stereocenters. The summed E-state index contributed by atoms with van der Waals surface area (Å²) in [6, 6.07) is 11.9. The van der Waals surface area contributed by atoms with Gasteiger partial charge in [0, 0.05) is 18.7 Å². The minimum atomic E-state index is 0.186. The van der Waals surface area contributed by atoms with Gasteiger partial charge in [0.05, 0.1) is 18.7 Å². The number of piperidine rings is 1. The maximum Gasteiger partial charge on any atom is 0.280 e. The van der Waals surface area contributed by atoms with Crippen LogP contribution in [-0.2, 0) is 11.2 Å². The van der Waals surface area contributed by atoms with E-state index in [1.165, 1.54) is 0 Å². The molecule has 8 nitrogen and oxygen atoms in total. The number of carbonyl (C=O) groups excluding carboxylic acids is 1. The van der Waals surface area contributed by atoms with Gasteiger partial charge in [-0.1, -0.05) is 40.7 Å². The van der Waals surface area contributed by atoms with E-state index in [2.05, 4.69) is 20.5 Å². The van der Waals surface area contributed by atoms with E-state index in [0.29, 0.717) is 23.8 Å². The molecule has 9 heteroatoms. The van der Waals surface area contributed by atoms with Crippen LogP contribution in [0.25, 0.3) is 23.0 Å². The highest BCUT2D eigenvalue weighted by Crippen LogP contribution is 2.25. The highest BCUT2D eigenvalue weighted by atomic mass is 32.1. The molecule has 0 bridgehead atoms. The number of rotatable bonds is 5. The molecule has 5 rings (SSSR count). The summed E-state index contributed by atoms with van der Waals surface area (Å²) in [5.41, 5.74) is 2.53. The van der Waals surface area contributed by atoms with E-state index in [1.54, 1.807) is 11.3 Å². The maximum atomic E-state index is 12.5. The summed E-state index contributed by atoms with van der Waals surface area (Å²) >= 11 is 1.62. The molecule has 152 valence electrons. The molecule has 3 aromatic heterocycles. The third-order valence-electron chi connectivity index (χ3n) is 5.31. The zero-order chi connectivity index (χ0) is 20.3. The van der Waals surface area contributed by atoms with Crippen LogP contribution in [0.5, 0.6) is 0 Å². The molecule has 0 radical (unpaired) electrons. The summed E-state index contributed by atoms with van der Waals surface area (Å²) < 4.78 is 7.22. The van der Waals surface area contributed by atoms with Crippen molar-refractivity contribution in [3.63, 3.8) is 0 Å². The Balaban J connectivity index is 1.21. The minimum absolute atomic E-state index is 0.186. The number of carbonyl (C=O) groups is 1. The number of hydrogen-bond donors (Lipinski definition) is 0. The van der Waals surface area contributed by atoms with Crippen LogP contribution in [-0.4, -0.2) is 49.0 Å². The molecule has 1 aliphatic heterocycles. The lowest BCUT2D eigenvalue weighted by Crippen LogP contribution is -2.39. The summed E-state index contributed by atoms with van der Waals surface area (Å²) in [5.74, 6) is 1.06. The molecule has 4 aromatic rings. The van der Waals surface area contributed by atoms with Crippen LogP contribution in [0.3, 0.4) is 0 Å². The fraction of sp³-hybridized carbons (Fsp3) is 0.286. The number of thiophene rings is 1. The molecule has 0 saturated carbocycles. The maximum absolute atomic E-state index is 12.5. The van der Waals surface area contributed by atoms with E-state index < -0.39 is 0 Å². The van der Waals surface area contributed by atoms with Crippen molar-refractivity contribution in [1.82, 2.24) is 30.0 Å². The largest absolute Gasteiger partial charge is 0.342 e. The van der Waals surface area contributed by atoms with Crippen molar-refractivity contribution in [2.45, 2.75) is 25.3 Å². The van der Waals surface area contributed by atoms with Crippen LogP contribution < -0.4 is 0 Å². The van der Waals surface area contributed by atoms with Gasteiger partial charge in [0.15, 0.2) is 5.69 Å². The second-order valence-electron chi connectivity index (χ2n) is 7.29. The van der Waals surface area contributed by atoms with Gasteiger partial charge in [-0.25, -0.2) is 4.68 Å². The van der Waals surface area contributed by atoms with Crippen molar-refractivity contribution in [2.75, 3.05) is 13.1 Å². The molecular formula is C21H20N6O2S. The first-order chi connectivity index (χ1) is 14.8. The molecule has 4 heterocycles. The number of hydrogen-bond acceptors (Lipinski definition) is 7. The zero-order valence-electron chi connectivity index (χ0n) is 16.2. The predicted octanol–water partition coefficient (Wildman–Crippen LogP) is 3.46. The fourth-order valence-corrected chi connectivity index (χ4v) is 4.31. The number of aromatic nitrogens is 5. The normalized spacial score (nSPS) is 14.9. The third-order valence-corrected chi connectivity index (χ3v) is 6.05. The molecule has 1 saturated heterocycles. The molecular weight excluding hydrogens is 400 g/mol. The van der Waals surface area contributed by atoms with Gasteiger partial charge in [-0.15, -0.1) is 5.10 Å². The average Bonchev–Trinajstić information content (AvgIpc) is 3.55. The first kappa shape index (κ1) is 18.7. The first-order valence-corrected chi connectivity index (χ1v) is 10.8. The smallest absolute Gasteiger partial charge is 0.280 e. The second-order valence-corrected chi connectivity index (χ2v) is 8.07. The fourth-order valence-electron chi connectivity index (χ4n) is 3.64. The highest BCUT2D eigenvalue weighted by molar-refractivity contribution is 7.08. The Bertz CT molecular complexity index is 1110. The summed E-state index contributed by atoms with van der Waals surface area (Å²) in [7, 11) is 0. The number of nitrogens with zero attached hydrogens (tertiary/aromatic N) is 6. The van der Waals surface area contributed by atoms with Crippen LogP contribution in [0, 0.1) is 0 Å². The summed E-state index contributed by atoms with van der Waals surface area (Å²) in [6.07, 6.45) is 4.01. The SMILES string of the molecule is O=C(Cc1ccsc1)N1CCC(n2cc(-c3nc(-c4ccccc4)no3)nn2)CC1. The second kappa shape index (κ2) is 8.19. The van der Waals surface area contributed by atoms with Crippen LogP contribution >= 0.6 is 11.3 Å². The van der Waals surface area contributed by atoms with E-state index in [-0.39, 0.29) is 11.9 Å². The van der Waals surface area contributed by atoms with Crippen molar-refractivity contribution in [1.29, 1.82) is 0 Å². The van der Waals surface area contributed by atoms with Gasteiger partial charge >= 0.3 is 0 Å². The third kappa shape index (κ3) is 3.88. The first-order valence-electron chi connectivity index (χ1n) is 9.86. The van der Waals surface area contributed by atoms with Crippen LogP contribution in [0.15, 0.2) is 57.9 Å². The standard InChI is InChI=1S/C21H20N6O2S/c28-19(12-15-8-11-30-14-15)26-9-6-17(7-10-26)27-13-18(23-25-27)21-22-20(24-29-21)16-4-2-1-3-5-16/h1-5,8,11,13-14,17H,6-7,9-10,12H2. The van der Waals surface area contributed by atoms with Gasteiger partial charge in [-0.3, -0.25) is 4.79 Å².